The molecule has 0 aromatic heterocycles. The molecule has 0 aromatic rings. The number of rotatable bonds is 17. The monoisotopic (exact) mass is 524 g/mol. The summed E-state index contributed by atoms with van der Waals surface area (Å²) in [5.74, 6) is -2.10. The average molecular weight is 525 g/mol. The molecule has 1 aliphatic carbocycles. The molecule has 214 valence electrons. The van der Waals surface area contributed by atoms with E-state index in [0.29, 0.717) is 44.3 Å². The summed E-state index contributed by atoms with van der Waals surface area (Å²) in [5, 5.41) is 20.8. The van der Waals surface area contributed by atoms with Gasteiger partial charge in [0.15, 0.2) is 12.6 Å². The number of hydrogen-bond donors (Lipinski definition) is 2. The molecule has 2 heterocycles. The summed E-state index contributed by atoms with van der Waals surface area (Å²) < 4.78 is 23.5. The molecule has 2 saturated heterocycles. The molecular weight excluding hydrogens is 472 g/mol. The van der Waals surface area contributed by atoms with E-state index < -0.39 is 24.3 Å². The lowest BCUT2D eigenvalue weighted by molar-refractivity contribution is -0.352. The Bertz CT molecular complexity index is 634. The molecule has 3 aliphatic rings. The minimum absolute atomic E-state index is 0.230. The summed E-state index contributed by atoms with van der Waals surface area (Å²) in [7, 11) is 0. The van der Waals surface area contributed by atoms with E-state index in [1.54, 1.807) is 0 Å². The van der Waals surface area contributed by atoms with E-state index in [1.165, 1.54) is 25.7 Å². The van der Waals surface area contributed by atoms with Crippen molar-refractivity contribution in [3.63, 3.8) is 0 Å². The predicted molar refractivity (Wildman–Crippen MR) is 143 cm³/mol. The van der Waals surface area contributed by atoms with Crippen LogP contribution in [0.3, 0.4) is 0 Å². The van der Waals surface area contributed by atoms with Crippen LogP contribution in [0.5, 0.6) is 0 Å². The van der Waals surface area contributed by atoms with Gasteiger partial charge in [0.2, 0.25) is 0 Å². The maximum atomic E-state index is 12.5. The lowest BCUT2D eigenvalue weighted by atomic mass is 9.88. The second-order valence-electron chi connectivity index (χ2n) is 11.2. The number of carboxylic acid groups (broad SMARTS) is 1. The molecule has 5 atom stereocenters. The highest BCUT2D eigenvalue weighted by atomic mass is 16.8. The zero-order chi connectivity index (χ0) is 26.3. The molecule has 0 bridgehead atoms. The second-order valence-corrected chi connectivity index (χ2v) is 11.2. The van der Waals surface area contributed by atoms with Crippen molar-refractivity contribution < 1.29 is 34.0 Å². The summed E-state index contributed by atoms with van der Waals surface area (Å²) in [6, 6.07) is 0. The SMILES string of the molecule is CCCCCCC=C[C@H]1CC[C@H](O)[C@@H]1CCCCCC(OC1CCCCO1)(OC1CCCCO1)C(=O)O. The molecule has 0 radical (unpaired) electrons. The summed E-state index contributed by atoms with van der Waals surface area (Å²) in [6.07, 6.45) is 20.4. The normalized spacial score (nSPS) is 30.5. The Kier molecular flexibility index (Phi) is 13.9. The van der Waals surface area contributed by atoms with Crippen LogP contribution in [-0.4, -0.2) is 53.9 Å². The van der Waals surface area contributed by atoms with Gasteiger partial charge in [-0.1, -0.05) is 51.2 Å². The van der Waals surface area contributed by atoms with Crippen molar-refractivity contribution >= 4 is 5.97 Å². The largest absolute Gasteiger partial charge is 0.477 e. The van der Waals surface area contributed by atoms with Crippen LogP contribution in [-0.2, 0) is 23.7 Å². The van der Waals surface area contributed by atoms with Gasteiger partial charge in [-0.05, 0) is 88.9 Å². The lowest BCUT2D eigenvalue weighted by Gasteiger charge is -2.38. The number of unbranched alkanes of at least 4 members (excludes halogenated alkanes) is 6. The van der Waals surface area contributed by atoms with Crippen LogP contribution in [0.25, 0.3) is 0 Å². The quantitative estimate of drug-likeness (QED) is 0.124. The number of aliphatic hydroxyl groups is 1. The first kappa shape index (κ1) is 30.6. The van der Waals surface area contributed by atoms with Gasteiger partial charge in [0, 0.05) is 19.6 Å². The predicted octanol–water partition coefficient (Wildman–Crippen LogP) is 6.72. The van der Waals surface area contributed by atoms with Crippen LogP contribution in [0.4, 0.5) is 0 Å². The molecular formula is C30H52O7. The molecule has 0 spiro atoms. The Hall–Kier alpha value is -0.990. The van der Waals surface area contributed by atoms with E-state index in [4.69, 9.17) is 18.9 Å². The van der Waals surface area contributed by atoms with Crippen LogP contribution in [0.1, 0.15) is 122 Å². The molecule has 0 amide bonds. The van der Waals surface area contributed by atoms with Crippen molar-refractivity contribution in [3.05, 3.63) is 12.2 Å². The number of allylic oxidation sites excluding steroid dienone is 2. The van der Waals surface area contributed by atoms with Crippen molar-refractivity contribution in [2.45, 2.75) is 147 Å². The van der Waals surface area contributed by atoms with E-state index >= 15 is 0 Å². The van der Waals surface area contributed by atoms with Gasteiger partial charge >= 0.3 is 5.97 Å². The van der Waals surface area contributed by atoms with Crippen LogP contribution in [0, 0.1) is 11.8 Å². The van der Waals surface area contributed by atoms with Gasteiger partial charge in [0.25, 0.3) is 5.79 Å². The maximum Gasteiger partial charge on any atom is 0.364 e. The number of carbonyl (C=O) groups is 1. The first-order valence-electron chi connectivity index (χ1n) is 15.2. The number of hydrogen-bond acceptors (Lipinski definition) is 6. The van der Waals surface area contributed by atoms with Gasteiger partial charge in [0.05, 0.1) is 6.10 Å². The molecule has 2 N–H and O–H groups in total. The Morgan fingerprint density at radius 3 is 2.16 bits per heavy atom. The highest BCUT2D eigenvalue weighted by Gasteiger charge is 2.46. The molecule has 3 fully saturated rings. The third-order valence-electron chi connectivity index (χ3n) is 8.24. The van der Waals surface area contributed by atoms with Crippen LogP contribution >= 0.6 is 0 Å². The van der Waals surface area contributed by atoms with Crippen molar-refractivity contribution in [3.8, 4) is 0 Å². The van der Waals surface area contributed by atoms with Crippen molar-refractivity contribution in [2.75, 3.05) is 13.2 Å². The minimum atomic E-state index is -1.75. The second kappa shape index (κ2) is 16.9. The summed E-state index contributed by atoms with van der Waals surface area (Å²) in [4.78, 5) is 12.5. The number of ether oxygens (including phenoxy) is 4. The van der Waals surface area contributed by atoms with E-state index in [-0.39, 0.29) is 12.5 Å². The van der Waals surface area contributed by atoms with Crippen molar-refractivity contribution in [1.82, 2.24) is 0 Å². The molecule has 7 heteroatoms. The topological polar surface area (TPSA) is 94.5 Å². The zero-order valence-corrected chi connectivity index (χ0v) is 23.1. The fourth-order valence-electron chi connectivity index (χ4n) is 5.98. The maximum absolute atomic E-state index is 12.5. The van der Waals surface area contributed by atoms with Crippen molar-refractivity contribution in [1.29, 1.82) is 0 Å². The smallest absolute Gasteiger partial charge is 0.364 e. The van der Waals surface area contributed by atoms with Crippen LogP contribution in [0.2, 0.25) is 0 Å². The van der Waals surface area contributed by atoms with Gasteiger partial charge in [0.1, 0.15) is 0 Å². The molecule has 3 rings (SSSR count). The highest BCUT2D eigenvalue weighted by molar-refractivity contribution is 5.75. The van der Waals surface area contributed by atoms with Gasteiger partial charge in [-0.3, -0.25) is 0 Å². The Balaban J connectivity index is 1.48. The molecule has 2 unspecified atom stereocenters. The Labute approximate surface area is 224 Å². The lowest BCUT2D eigenvalue weighted by Crippen LogP contribution is -2.51. The number of carboxylic acids is 1. The van der Waals surface area contributed by atoms with E-state index in [9.17, 15) is 15.0 Å². The first-order valence-corrected chi connectivity index (χ1v) is 15.2. The van der Waals surface area contributed by atoms with Crippen molar-refractivity contribution in [2.24, 2.45) is 11.8 Å². The standard InChI is InChI=1S/C30H52O7/c1-2-3-4-5-6-8-15-24-19-20-26(31)25(24)16-9-7-12-21-30(29(32)33,36-27-17-10-13-22-34-27)37-28-18-11-14-23-35-28/h8,15,24-28,31H,2-7,9-14,16-23H2,1H3,(H,32,33)/t24-,25+,26-,27?,28?,30?/m0/s1. The van der Waals surface area contributed by atoms with Gasteiger partial charge in [-0.25, -0.2) is 4.79 Å². The Morgan fingerprint density at radius 2 is 1.57 bits per heavy atom. The fraction of sp³-hybridized carbons (Fsp3) is 0.900. The molecule has 37 heavy (non-hydrogen) atoms. The third kappa shape index (κ3) is 10.2. The van der Waals surface area contributed by atoms with Crippen LogP contribution in [0.15, 0.2) is 12.2 Å². The van der Waals surface area contributed by atoms with E-state index in [2.05, 4.69) is 19.1 Å². The highest BCUT2D eigenvalue weighted by Crippen LogP contribution is 2.37. The van der Waals surface area contributed by atoms with Gasteiger partial charge < -0.3 is 29.2 Å². The molecule has 1 saturated carbocycles. The van der Waals surface area contributed by atoms with Crippen LogP contribution < -0.4 is 0 Å². The minimum Gasteiger partial charge on any atom is -0.477 e. The Morgan fingerprint density at radius 1 is 0.892 bits per heavy atom. The summed E-state index contributed by atoms with van der Waals surface area (Å²) in [6.45, 7) is 3.40. The summed E-state index contributed by atoms with van der Waals surface area (Å²) in [5.41, 5.74) is 0. The summed E-state index contributed by atoms with van der Waals surface area (Å²) >= 11 is 0. The fourth-order valence-corrected chi connectivity index (χ4v) is 5.98. The van der Waals surface area contributed by atoms with E-state index in [0.717, 1.165) is 64.2 Å². The molecule has 7 nitrogen and oxygen atoms in total. The molecule has 2 aliphatic heterocycles. The third-order valence-corrected chi connectivity index (χ3v) is 8.24. The zero-order valence-electron chi connectivity index (χ0n) is 23.1. The molecule has 0 aromatic carbocycles. The number of aliphatic carboxylic acids is 1. The number of aliphatic hydroxyl groups excluding tert-OH is 1. The van der Waals surface area contributed by atoms with Gasteiger partial charge in [-0.2, -0.15) is 0 Å². The van der Waals surface area contributed by atoms with E-state index in [1.807, 2.05) is 0 Å². The van der Waals surface area contributed by atoms with Gasteiger partial charge in [-0.15, -0.1) is 0 Å². The first-order chi connectivity index (χ1) is 18.0. The average Bonchev–Trinajstić information content (AvgIpc) is 3.25.